The number of thiocarbonyl (C=S) groups is 1. The number of hydrazine groups is 1. The highest BCUT2D eigenvalue weighted by atomic mass is 32.2. The van der Waals surface area contributed by atoms with E-state index in [-0.39, 0.29) is 16.4 Å². The largest absolute Gasteiger partial charge is 0.339 e. The summed E-state index contributed by atoms with van der Waals surface area (Å²) in [6, 6.07) is 6.01. The zero-order valence-corrected chi connectivity index (χ0v) is 12.2. The van der Waals surface area contributed by atoms with Gasteiger partial charge in [-0.25, -0.2) is 10.2 Å². The van der Waals surface area contributed by atoms with Crippen LogP contribution in [0.2, 0.25) is 0 Å². The van der Waals surface area contributed by atoms with Crippen molar-refractivity contribution in [3.63, 3.8) is 0 Å². The molecule has 1 aromatic rings. The van der Waals surface area contributed by atoms with Gasteiger partial charge in [0.2, 0.25) is 11.3 Å². The Morgan fingerprint density at radius 3 is 2.60 bits per heavy atom. The number of quaternary nitrogens is 1. The topological polar surface area (TPSA) is 80.0 Å². The maximum atomic E-state index is 13.1. The molecule has 0 saturated carbocycles. The number of hydrogen-bond acceptors (Lipinski definition) is 6. The summed E-state index contributed by atoms with van der Waals surface area (Å²) in [5.41, 5.74) is 6.77. The second-order valence-corrected chi connectivity index (χ2v) is 5.50. The van der Waals surface area contributed by atoms with Crippen molar-refractivity contribution in [2.45, 2.75) is 6.17 Å². The lowest BCUT2D eigenvalue weighted by molar-refractivity contribution is -0.848. The molecule has 2 heterocycles. The van der Waals surface area contributed by atoms with Crippen molar-refractivity contribution in [3.05, 3.63) is 35.6 Å². The molecule has 0 bridgehead atoms. The molecule has 3 rings (SSSR count). The molecule has 2 atom stereocenters. The molecule has 1 fully saturated rings. The fourth-order valence-corrected chi connectivity index (χ4v) is 3.04. The van der Waals surface area contributed by atoms with Gasteiger partial charge in [-0.15, -0.1) is 4.99 Å². The zero-order chi connectivity index (χ0) is 14.5. The van der Waals surface area contributed by atoms with Crippen LogP contribution in [0, 0.1) is 5.82 Å². The third-order valence-electron chi connectivity index (χ3n) is 3.28. The van der Waals surface area contributed by atoms with Crippen molar-refractivity contribution in [2.75, 3.05) is 6.26 Å². The average molecular weight is 311 g/mol. The van der Waals surface area contributed by atoms with E-state index in [1.165, 1.54) is 28.9 Å². The summed E-state index contributed by atoms with van der Waals surface area (Å²) in [4.78, 5) is 4.20. The van der Waals surface area contributed by atoms with Crippen LogP contribution >= 0.6 is 24.0 Å². The maximum absolute atomic E-state index is 13.1. The fourth-order valence-electron chi connectivity index (χ4n) is 2.31. The predicted molar refractivity (Wildman–Crippen MR) is 80.6 cm³/mol. The Bertz CT molecular complexity index is 643. The zero-order valence-electron chi connectivity index (χ0n) is 10.5. The summed E-state index contributed by atoms with van der Waals surface area (Å²) < 4.78 is 12.9. The molecule has 1 aromatic carbocycles. The number of rotatable bonds is 1. The van der Waals surface area contributed by atoms with Crippen molar-refractivity contribution < 1.29 is 8.98 Å². The molecule has 1 saturated heterocycles. The summed E-state index contributed by atoms with van der Waals surface area (Å²) in [5, 5.41) is 6.78. The molecule has 1 spiro atoms. The molecule has 20 heavy (non-hydrogen) atoms. The third-order valence-corrected chi connectivity index (χ3v) is 4.31. The van der Waals surface area contributed by atoms with Crippen molar-refractivity contribution in [1.82, 2.24) is 5.01 Å². The minimum absolute atomic E-state index is 0.131. The minimum Gasteiger partial charge on any atom is -0.335 e. The van der Waals surface area contributed by atoms with Gasteiger partial charge in [-0.1, -0.05) is 11.8 Å². The number of amidine groups is 1. The van der Waals surface area contributed by atoms with Gasteiger partial charge in [0, 0.05) is 17.8 Å². The van der Waals surface area contributed by atoms with Crippen LogP contribution in [0.4, 0.5) is 4.39 Å². The number of benzene rings is 1. The molecule has 0 aromatic heterocycles. The Labute approximate surface area is 124 Å². The normalized spacial score (nSPS) is 28.4. The highest BCUT2D eigenvalue weighted by Crippen LogP contribution is 2.44. The molecule has 104 valence electrons. The van der Waals surface area contributed by atoms with Crippen LogP contribution in [0.1, 0.15) is 11.7 Å². The Balaban J connectivity index is 2.07. The van der Waals surface area contributed by atoms with E-state index in [4.69, 9.17) is 23.8 Å². The van der Waals surface area contributed by atoms with E-state index in [1.54, 1.807) is 12.1 Å². The van der Waals surface area contributed by atoms with Gasteiger partial charge in [-0.3, -0.25) is 0 Å². The summed E-state index contributed by atoms with van der Waals surface area (Å²) >= 11 is 6.66. The van der Waals surface area contributed by atoms with Gasteiger partial charge in [0.05, 0.1) is 0 Å². The van der Waals surface area contributed by atoms with E-state index in [0.717, 1.165) is 5.56 Å². The molecular weight excluding hydrogens is 299 g/mol. The Morgan fingerprint density at radius 2 is 2.05 bits per heavy atom. The highest BCUT2D eigenvalue weighted by molar-refractivity contribution is 8.13. The number of nitrogens with two attached hydrogens (primary N) is 2. The van der Waals surface area contributed by atoms with E-state index in [9.17, 15) is 4.39 Å². The van der Waals surface area contributed by atoms with Gasteiger partial charge < -0.3 is 5.73 Å². The van der Waals surface area contributed by atoms with Crippen LogP contribution in [0.15, 0.2) is 34.4 Å². The van der Waals surface area contributed by atoms with E-state index in [0.29, 0.717) is 10.3 Å². The van der Waals surface area contributed by atoms with Crippen LogP contribution in [0.3, 0.4) is 0 Å². The number of hydrogen-bond donors (Lipinski definition) is 2. The first-order chi connectivity index (χ1) is 9.50. The van der Waals surface area contributed by atoms with E-state index < -0.39 is 6.17 Å². The first-order valence-corrected chi connectivity index (χ1v) is 7.35. The lowest BCUT2D eigenvalue weighted by Crippen LogP contribution is -2.76. The van der Waals surface area contributed by atoms with Crippen molar-refractivity contribution >= 4 is 40.2 Å². The Kier molecular flexibility index (Phi) is 3.01. The minimum atomic E-state index is -0.420. The molecule has 6 nitrogen and oxygen atoms in total. The second kappa shape index (κ2) is 4.48. The van der Waals surface area contributed by atoms with Crippen LogP contribution in [-0.4, -0.2) is 32.1 Å². The fraction of sp³-hybridized carbons (Fsp3) is 0.182. The number of halogens is 1. The molecule has 9 heteroatoms. The van der Waals surface area contributed by atoms with Crippen molar-refractivity contribution in [3.8, 4) is 0 Å². The number of nitrogens with zero attached hydrogens (tertiary/aromatic N) is 4. The van der Waals surface area contributed by atoms with Crippen molar-refractivity contribution in [2.24, 2.45) is 21.7 Å². The summed E-state index contributed by atoms with van der Waals surface area (Å²) in [5.74, 6) is 5.89. The van der Waals surface area contributed by atoms with E-state index >= 15 is 0 Å². The van der Waals surface area contributed by atoms with Gasteiger partial charge >= 0.3 is 11.1 Å². The van der Waals surface area contributed by atoms with Crippen LogP contribution < -0.4 is 11.6 Å². The first kappa shape index (κ1) is 13.4. The smallest absolute Gasteiger partial charge is 0.335 e. The maximum Gasteiger partial charge on any atom is 0.339 e. The van der Waals surface area contributed by atoms with Crippen LogP contribution in [0.25, 0.3) is 0 Å². The lowest BCUT2D eigenvalue weighted by atomic mass is 10.1. The van der Waals surface area contributed by atoms with E-state index in [1.807, 2.05) is 6.26 Å². The number of thioether (sulfide) groups is 1. The van der Waals surface area contributed by atoms with Crippen LogP contribution in [0.5, 0.6) is 0 Å². The first-order valence-electron chi connectivity index (χ1n) is 5.72. The predicted octanol–water partition coefficient (Wildman–Crippen LogP) is 1.08. The molecule has 0 amide bonds. The second-order valence-electron chi connectivity index (χ2n) is 4.36. The molecule has 4 N–H and O–H groups in total. The van der Waals surface area contributed by atoms with Gasteiger partial charge in [0.15, 0.2) is 0 Å². The number of aliphatic imine (C=N–C) groups is 1. The summed E-state index contributed by atoms with van der Waals surface area (Å²) in [7, 11) is 0. The Morgan fingerprint density at radius 1 is 1.40 bits per heavy atom. The van der Waals surface area contributed by atoms with E-state index in [2.05, 4.69) is 10.1 Å². The lowest BCUT2D eigenvalue weighted by Gasteiger charge is -2.48. The molecule has 2 aliphatic rings. The highest BCUT2D eigenvalue weighted by Gasteiger charge is 2.66. The Hall–Kier alpha value is -1.55. The van der Waals surface area contributed by atoms with Gasteiger partial charge in [-0.2, -0.15) is 5.01 Å². The van der Waals surface area contributed by atoms with Crippen LogP contribution in [-0.2, 0) is 0 Å². The number of guanidine groups is 1. The quantitative estimate of drug-likeness (QED) is 0.461. The molecule has 2 aliphatic heterocycles. The standard InChI is InChI=1S/C11H12FN6S2/c1-20-10-15-9(13)18(16-10)8(17(14)11(18)19)6-2-4-7(12)5-3-6/h2-5,8H,14H2,1H3,(H2,13,15,16)/q+1. The average Bonchev–Trinajstić information content (AvgIpc) is 2.80. The third kappa shape index (κ3) is 1.61. The molecule has 0 aliphatic carbocycles. The van der Waals surface area contributed by atoms with Gasteiger partial charge in [0.1, 0.15) is 5.82 Å². The summed E-state index contributed by atoms with van der Waals surface area (Å²) in [6.45, 7) is 0. The van der Waals surface area contributed by atoms with Gasteiger partial charge in [0.25, 0.3) is 0 Å². The molecule has 0 radical (unpaired) electrons. The van der Waals surface area contributed by atoms with Crippen molar-refractivity contribution in [1.29, 1.82) is 0 Å². The molecule has 2 unspecified atom stereocenters. The van der Waals surface area contributed by atoms with Gasteiger partial charge in [-0.05, 0) is 40.2 Å². The molecular formula is C11H12FN6S2+. The monoisotopic (exact) mass is 311 g/mol. The summed E-state index contributed by atoms with van der Waals surface area (Å²) in [6.07, 6.45) is 1.43. The SMILES string of the molecule is CSC1=N[N+]2(C(=S)N(N)C2c2ccc(F)cc2)C(N)=N1.